The van der Waals surface area contributed by atoms with Crippen LogP contribution in [0, 0.1) is 11.8 Å². The van der Waals surface area contributed by atoms with Crippen molar-refractivity contribution in [3.8, 4) is 16.9 Å². The monoisotopic (exact) mass is 894 g/mol. The molecular formula is C53H75N5O7. The van der Waals surface area contributed by atoms with E-state index in [4.69, 9.17) is 9.53 Å². The number of aromatic amines is 1. The number of nitrogens with one attached hydrogen (secondary N) is 3. The summed E-state index contributed by atoms with van der Waals surface area (Å²) < 4.78 is 9.70. The predicted octanol–water partition coefficient (Wildman–Crippen LogP) is 8.48. The number of methoxy groups -OCH3 is 1. The van der Waals surface area contributed by atoms with Gasteiger partial charge in [-0.15, -0.1) is 0 Å². The van der Waals surface area contributed by atoms with E-state index in [9.17, 15) is 19.8 Å². The molecule has 12 nitrogen and oxygen atoms in total. The van der Waals surface area contributed by atoms with Crippen LogP contribution in [0.25, 0.3) is 22.0 Å². The molecule has 1 amide bonds. The second-order valence-electron chi connectivity index (χ2n) is 15.9. The van der Waals surface area contributed by atoms with E-state index in [1.807, 2.05) is 40.0 Å². The van der Waals surface area contributed by atoms with Gasteiger partial charge in [-0.3, -0.25) is 14.4 Å². The number of para-hydroxylation sites is 1. The van der Waals surface area contributed by atoms with Crippen molar-refractivity contribution in [2.24, 2.45) is 11.8 Å². The molecule has 1 aliphatic heterocycles. The number of aliphatic hydroxyl groups excluding tert-OH is 1. The average Bonchev–Trinajstić information content (AvgIpc) is 3.95. The Labute approximate surface area is 387 Å². The molecule has 65 heavy (non-hydrogen) atoms. The van der Waals surface area contributed by atoms with Crippen molar-refractivity contribution in [2.45, 2.75) is 72.8 Å². The number of amides is 1. The second-order valence-corrected chi connectivity index (χ2v) is 15.9. The summed E-state index contributed by atoms with van der Waals surface area (Å²) in [6, 6.07) is 33.6. The molecule has 2 aliphatic rings. The highest BCUT2D eigenvalue weighted by Gasteiger charge is 2.35. The molecule has 7 rings (SSSR count). The van der Waals surface area contributed by atoms with Gasteiger partial charge in [-0.1, -0.05) is 107 Å². The number of likely N-dealkylation sites (tertiary alicyclic amines) is 1. The molecule has 354 valence electrons. The summed E-state index contributed by atoms with van der Waals surface area (Å²) in [5, 5.41) is 27.8. The van der Waals surface area contributed by atoms with Crippen LogP contribution in [0.3, 0.4) is 0 Å². The van der Waals surface area contributed by atoms with Gasteiger partial charge in [-0.25, -0.2) is 0 Å². The van der Waals surface area contributed by atoms with Crippen molar-refractivity contribution in [3.05, 3.63) is 130 Å². The smallest absolute Gasteiger partial charge is 0.292 e. The molecule has 0 bridgehead atoms. The number of likely N-dealkylation sites (N-methyl/N-ethyl adjacent to an activating group) is 1. The number of anilines is 1. The van der Waals surface area contributed by atoms with E-state index in [1.54, 1.807) is 17.0 Å². The SMILES string of the molecule is C.CC.CCN(CCNCC(O)c1ccc(O)c2[nH]c(=O)ccc12)C(=O)CCOCCc1cccc(CCN2CC3CCCC3C2)c1.CNc1ccccc1-c1ccccc1.COC=O. The molecule has 1 aromatic heterocycles. The van der Waals surface area contributed by atoms with Crippen LogP contribution >= 0.6 is 0 Å². The summed E-state index contributed by atoms with van der Waals surface area (Å²) in [7, 11) is 3.26. The fourth-order valence-corrected chi connectivity index (χ4v) is 8.49. The Bertz CT molecular complexity index is 2170. The van der Waals surface area contributed by atoms with Crippen LogP contribution in [0.1, 0.15) is 76.7 Å². The standard InChI is InChI=1S/C35H48N4O5.C13H13N.C2H4O2.C2H6.CH4/c1-2-39(18-16-36-22-32(41)29-9-11-31(40)35-30(29)10-12-33(42)37-35)34(43)15-20-44-19-14-26-6-3-5-25(21-26)13-17-38-23-27-7-4-8-28(27)24-38;1-14-13-10-6-5-9-12(13)11-7-3-2-4-8-11;1-4-2-3;1-2;/h3,5-6,9-12,21,27-28,32,36,40-41H,2,4,7-8,13-20,22-24H2,1H3,(H,37,42);2-10,14H,1H3;2H,1H3;1-2H3;1H4. The van der Waals surface area contributed by atoms with Gasteiger partial charge < -0.3 is 45.1 Å². The van der Waals surface area contributed by atoms with Gasteiger partial charge in [0.15, 0.2) is 0 Å². The summed E-state index contributed by atoms with van der Waals surface area (Å²) in [6.45, 7) is 13.0. The van der Waals surface area contributed by atoms with Crippen LogP contribution in [0.15, 0.2) is 108 Å². The maximum absolute atomic E-state index is 12.8. The number of carbonyl (C=O) groups is 2. The molecule has 5 N–H and O–H groups in total. The number of phenolic OH excluding ortho intramolecular Hbond substituents is 1. The molecule has 2 fully saturated rings. The van der Waals surface area contributed by atoms with Crippen LogP contribution < -0.4 is 16.2 Å². The number of aromatic nitrogens is 1. The number of benzene rings is 4. The van der Waals surface area contributed by atoms with Crippen molar-refractivity contribution >= 4 is 29.0 Å². The third-order valence-electron chi connectivity index (χ3n) is 11.8. The first-order valence-corrected chi connectivity index (χ1v) is 22.9. The lowest BCUT2D eigenvalue weighted by molar-refractivity contribution is -0.132. The Morgan fingerprint density at radius 1 is 0.923 bits per heavy atom. The van der Waals surface area contributed by atoms with E-state index >= 15 is 0 Å². The van der Waals surface area contributed by atoms with Crippen LogP contribution in [0.2, 0.25) is 0 Å². The number of H-pyrrole nitrogens is 1. The number of phenols is 1. The van der Waals surface area contributed by atoms with Crippen LogP contribution in [-0.2, 0) is 31.9 Å². The van der Waals surface area contributed by atoms with Gasteiger partial charge >= 0.3 is 0 Å². The maximum Gasteiger partial charge on any atom is 0.292 e. The minimum Gasteiger partial charge on any atom is -0.506 e. The Hall–Kier alpha value is -5.53. The zero-order valence-electron chi connectivity index (χ0n) is 38.6. The van der Waals surface area contributed by atoms with Gasteiger partial charge in [0.25, 0.3) is 6.47 Å². The number of pyridine rings is 1. The number of rotatable bonds is 19. The number of hydrogen-bond donors (Lipinski definition) is 5. The normalized spacial score (nSPS) is 15.4. The average molecular weight is 894 g/mol. The number of hydrogen-bond acceptors (Lipinski definition) is 10. The number of ether oxygens (including phenoxy) is 2. The quantitative estimate of drug-likeness (QED) is 0.0403. The first-order chi connectivity index (χ1) is 31.2. The Kier molecular flexibility index (Phi) is 24.7. The summed E-state index contributed by atoms with van der Waals surface area (Å²) in [6.07, 6.45) is 5.71. The first-order valence-electron chi connectivity index (χ1n) is 22.9. The van der Waals surface area contributed by atoms with E-state index in [0.29, 0.717) is 62.2 Å². The highest BCUT2D eigenvalue weighted by Crippen LogP contribution is 2.37. The minimum atomic E-state index is -0.839. The fraction of sp³-hybridized carbons (Fsp3) is 0.453. The molecule has 5 aromatic rings. The van der Waals surface area contributed by atoms with Crippen molar-refractivity contribution in [1.29, 1.82) is 0 Å². The van der Waals surface area contributed by atoms with E-state index in [0.717, 1.165) is 31.2 Å². The largest absolute Gasteiger partial charge is 0.506 e. The Morgan fingerprint density at radius 2 is 1.60 bits per heavy atom. The lowest BCUT2D eigenvalue weighted by atomic mass is 10.0. The van der Waals surface area contributed by atoms with E-state index in [-0.39, 0.29) is 31.2 Å². The zero-order chi connectivity index (χ0) is 46.1. The van der Waals surface area contributed by atoms with Gasteiger partial charge in [0.05, 0.1) is 38.4 Å². The first kappa shape index (κ1) is 53.8. The van der Waals surface area contributed by atoms with Crippen molar-refractivity contribution < 1.29 is 29.3 Å². The van der Waals surface area contributed by atoms with Crippen molar-refractivity contribution in [1.82, 2.24) is 20.1 Å². The molecule has 1 saturated heterocycles. The molecule has 1 aliphatic carbocycles. The number of fused-ring (bicyclic) bond motifs is 2. The number of nitrogens with zero attached hydrogens (tertiary/aromatic N) is 2. The summed E-state index contributed by atoms with van der Waals surface area (Å²) in [5.74, 6) is 1.90. The van der Waals surface area contributed by atoms with E-state index < -0.39 is 6.10 Å². The summed E-state index contributed by atoms with van der Waals surface area (Å²) in [4.78, 5) is 40.4. The van der Waals surface area contributed by atoms with Gasteiger partial charge in [0.2, 0.25) is 11.5 Å². The fourth-order valence-electron chi connectivity index (χ4n) is 8.49. The maximum atomic E-state index is 12.8. The number of aliphatic hydroxyl groups is 1. The molecule has 2 heterocycles. The lowest BCUT2D eigenvalue weighted by Crippen LogP contribution is -2.38. The minimum absolute atomic E-state index is 0. The molecule has 0 radical (unpaired) electrons. The van der Waals surface area contributed by atoms with E-state index in [1.165, 1.54) is 79.5 Å². The van der Waals surface area contributed by atoms with Gasteiger partial charge in [0.1, 0.15) is 5.75 Å². The molecule has 4 aromatic carbocycles. The lowest BCUT2D eigenvalue weighted by Gasteiger charge is -2.22. The van der Waals surface area contributed by atoms with Gasteiger partial charge in [-0.2, -0.15) is 0 Å². The molecule has 3 atom stereocenters. The molecular weight excluding hydrogens is 819 g/mol. The highest BCUT2D eigenvalue weighted by atomic mass is 16.5. The third kappa shape index (κ3) is 17.1. The number of carbonyl (C=O) groups excluding carboxylic acids is 2. The Balaban J connectivity index is 0.000000443. The third-order valence-corrected chi connectivity index (χ3v) is 11.8. The van der Waals surface area contributed by atoms with Gasteiger partial charge in [-0.05, 0) is 84.9 Å². The molecule has 3 unspecified atom stereocenters. The van der Waals surface area contributed by atoms with Crippen LogP contribution in [0.5, 0.6) is 5.75 Å². The predicted molar refractivity (Wildman–Crippen MR) is 265 cm³/mol. The van der Waals surface area contributed by atoms with Crippen LogP contribution in [0.4, 0.5) is 5.69 Å². The second kappa shape index (κ2) is 29.8. The molecule has 12 heteroatoms. The van der Waals surface area contributed by atoms with Gasteiger partial charge in [0, 0.05) is 75.6 Å². The topological polar surface area (TPSA) is 156 Å². The zero-order valence-corrected chi connectivity index (χ0v) is 38.6. The molecule has 0 spiro atoms. The van der Waals surface area contributed by atoms with Crippen molar-refractivity contribution in [3.63, 3.8) is 0 Å². The number of aromatic hydroxyl groups is 1. The highest BCUT2D eigenvalue weighted by molar-refractivity contribution is 5.87. The Morgan fingerprint density at radius 3 is 2.28 bits per heavy atom. The molecule has 1 saturated carbocycles. The van der Waals surface area contributed by atoms with Crippen LogP contribution in [-0.4, -0.2) is 111 Å². The summed E-state index contributed by atoms with van der Waals surface area (Å²) >= 11 is 0. The van der Waals surface area contributed by atoms with E-state index in [2.05, 4.69) is 92.0 Å². The summed E-state index contributed by atoms with van der Waals surface area (Å²) in [5.41, 5.74) is 6.93. The van der Waals surface area contributed by atoms with Crippen molar-refractivity contribution in [2.75, 3.05) is 78.5 Å².